The number of nitrogens with zero attached hydrogens (tertiary/aromatic N) is 2. The monoisotopic (exact) mass is 342 g/mol. The molecule has 2 heterocycles. The van der Waals surface area contributed by atoms with Gasteiger partial charge >= 0.3 is 0 Å². The summed E-state index contributed by atoms with van der Waals surface area (Å²) < 4.78 is 10.7. The van der Waals surface area contributed by atoms with Crippen molar-refractivity contribution in [3.05, 3.63) is 59.7 Å². The van der Waals surface area contributed by atoms with Crippen LogP contribution >= 0.6 is 0 Å². The average molecular weight is 342 g/mol. The fraction of sp³-hybridized carbons (Fsp3) is 0.182. The van der Waals surface area contributed by atoms with Crippen LogP contribution in [0.4, 0.5) is 0 Å². The summed E-state index contributed by atoms with van der Waals surface area (Å²) in [5.74, 6) is 1.63. The van der Waals surface area contributed by atoms with E-state index in [4.69, 9.17) is 19.4 Å². The summed E-state index contributed by atoms with van der Waals surface area (Å²) in [6.07, 6.45) is 1.97. The lowest BCUT2D eigenvalue weighted by Crippen LogP contribution is -2.08. The molecule has 0 saturated carbocycles. The van der Waals surface area contributed by atoms with Gasteiger partial charge in [0.1, 0.15) is 11.5 Å². The zero-order valence-corrected chi connectivity index (χ0v) is 14.7. The summed E-state index contributed by atoms with van der Waals surface area (Å²) in [5.41, 5.74) is 6.34. The van der Waals surface area contributed by atoms with E-state index in [9.17, 15) is 0 Å². The molecule has 5 rings (SSSR count). The predicted molar refractivity (Wildman–Crippen MR) is 103 cm³/mol. The Balaban J connectivity index is 1.76. The predicted octanol–water partition coefficient (Wildman–Crippen LogP) is 4.57. The van der Waals surface area contributed by atoms with Gasteiger partial charge in [-0.1, -0.05) is 0 Å². The lowest BCUT2D eigenvalue weighted by molar-refractivity contribution is 0.415. The summed E-state index contributed by atoms with van der Waals surface area (Å²) in [5, 5.41) is 2.27. The number of hydrogen-bond acceptors (Lipinski definition) is 4. The summed E-state index contributed by atoms with van der Waals surface area (Å²) in [6, 6.07) is 16.5. The molecule has 0 unspecified atom stereocenters. The third-order valence-electron chi connectivity index (χ3n) is 5.10. The van der Waals surface area contributed by atoms with Gasteiger partial charge in [0, 0.05) is 22.9 Å². The second-order valence-electron chi connectivity index (χ2n) is 6.61. The van der Waals surface area contributed by atoms with Crippen LogP contribution in [-0.4, -0.2) is 24.2 Å². The number of hydrogen-bond donors (Lipinski definition) is 0. The van der Waals surface area contributed by atoms with Crippen molar-refractivity contribution in [2.24, 2.45) is 0 Å². The first-order valence-corrected chi connectivity index (χ1v) is 8.71. The van der Waals surface area contributed by atoms with E-state index in [-0.39, 0.29) is 0 Å². The maximum absolute atomic E-state index is 5.35. The summed E-state index contributed by atoms with van der Waals surface area (Å²) in [7, 11) is 3.35. The van der Waals surface area contributed by atoms with Gasteiger partial charge in [-0.05, 0) is 60.4 Å². The Hall–Kier alpha value is -3.14. The molecule has 0 spiro atoms. The quantitative estimate of drug-likeness (QED) is 0.535. The number of benzene rings is 2. The number of fused-ring (bicyclic) bond motifs is 5. The fourth-order valence-electron chi connectivity index (χ4n) is 3.70. The van der Waals surface area contributed by atoms with Gasteiger partial charge in [-0.15, -0.1) is 0 Å². The molecule has 0 saturated heterocycles. The molecule has 4 heteroatoms. The highest BCUT2D eigenvalue weighted by atomic mass is 16.5. The normalized spacial score (nSPS) is 12.7. The van der Waals surface area contributed by atoms with Crippen LogP contribution in [0, 0.1) is 0 Å². The minimum atomic E-state index is 0.817. The van der Waals surface area contributed by atoms with E-state index in [1.807, 2.05) is 24.3 Å². The molecule has 0 aliphatic heterocycles. The number of ether oxygens (including phenoxy) is 2. The standard InChI is InChI=1S/C22H18N2O2/c1-25-17-7-5-13-9-15-3-4-16-10-14-6-8-18(26-2)12-20(14)24-22(16)21(15)23-19(13)11-17/h5-12H,3-4H2,1-2H3. The summed E-state index contributed by atoms with van der Waals surface area (Å²) in [4.78, 5) is 9.88. The second-order valence-corrected chi connectivity index (χ2v) is 6.61. The molecule has 2 aromatic carbocycles. The Kier molecular flexibility index (Phi) is 3.32. The number of pyridine rings is 2. The Morgan fingerprint density at radius 3 is 1.54 bits per heavy atom. The minimum Gasteiger partial charge on any atom is -0.497 e. The van der Waals surface area contributed by atoms with Crippen LogP contribution in [0.3, 0.4) is 0 Å². The molecule has 0 atom stereocenters. The smallest absolute Gasteiger partial charge is 0.121 e. The zero-order chi connectivity index (χ0) is 17.7. The van der Waals surface area contributed by atoms with Crippen molar-refractivity contribution in [3.63, 3.8) is 0 Å². The first kappa shape index (κ1) is 15.1. The van der Waals surface area contributed by atoms with Crippen LogP contribution in [0.2, 0.25) is 0 Å². The average Bonchev–Trinajstić information content (AvgIpc) is 2.70. The van der Waals surface area contributed by atoms with Crippen molar-refractivity contribution in [3.8, 4) is 22.9 Å². The lowest BCUT2D eigenvalue weighted by atomic mass is 9.91. The van der Waals surface area contributed by atoms with Gasteiger partial charge in [-0.2, -0.15) is 0 Å². The van der Waals surface area contributed by atoms with Crippen LogP contribution in [0.15, 0.2) is 48.5 Å². The molecule has 26 heavy (non-hydrogen) atoms. The molecule has 0 fully saturated rings. The summed E-state index contributed by atoms with van der Waals surface area (Å²) in [6.45, 7) is 0. The van der Waals surface area contributed by atoms with Gasteiger partial charge in [0.2, 0.25) is 0 Å². The molecule has 0 N–H and O–H groups in total. The van der Waals surface area contributed by atoms with Crippen molar-refractivity contribution in [1.82, 2.24) is 9.97 Å². The summed E-state index contributed by atoms with van der Waals surface area (Å²) >= 11 is 0. The Morgan fingerprint density at radius 1 is 0.654 bits per heavy atom. The molecule has 0 bridgehead atoms. The highest BCUT2D eigenvalue weighted by Gasteiger charge is 2.20. The van der Waals surface area contributed by atoms with Gasteiger partial charge in [0.25, 0.3) is 0 Å². The molecule has 0 radical (unpaired) electrons. The molecule has 4 nitrogen and oxygen atoms in total. The maximum atomic E-state index is 5.35. The molecule has 1 aliphatic rings. The molecular formula is C22H18N2O2. The van der Waals surface area contributed by atoms with Gasteiger partial charge in [0.15, 0.2) is 0 Å². The van der Waals surface area contributed by atoms with E-state index in [1.165, 1.54) is 11.1 Å². The van der Waals surface area contributed by atoms with Crippen LogP contribution in [0.25, 0.3) is 33.2 Å². The topological polar surface area (TPSA) is 44.2 Å². The van der Waals surface area contributed by atoms with E-state index in [1.54, 1.807) is 14.2 Å². The second kappa shape index (κ2) is 5.70. The molecular weight excluding hydrogens is 324 g/mol. The Bertz CT molecular complexity index is 1070. The van der Waals surface area contributed by atoms with Gasteiger partial charge in [-0.25, -0.2) is 9.97 Å². The van der Waals surface area contributed by atoms with Crippen LogP contribution in [-0.2, 0) is 12.8 Å². The van der Waals surface area contributed by atoms with E-state index >= 15 is 0 Å². The minimum absolute atomic E-state index is 0.817. The van der Waals surface area contributed by atoms with Crippen molar-refractivity contribution < 1.29 is 9.47 Å². The van der Waals surface area contributed by atoms with Gasteiger partial charge in [0.05, 0.1) is 36.6 Å². The first-order valence-electron chi connectivity index (χ1n) is 8.71. The highest BCUT2D eigenvalue weighted by Crippen LogP contribution is 2.35. The Morgan fingerprint density at radius 2 is 1.12 bits per heavy atom. The van der Waals surface area contributed by atoms with E-state index in [2.05, 4.69) is 24.3 Å². The molecule has 0 amide bonds. The lowest BCUT2D eigenvalue weighted by Gasteiger charge is -2.19. The van der Waals surface area contributed by atoms with Crippen LogP contribution < -0.4 is 9.47 Å². The molecule has 128 valence electrons. The van der Waals surface area contributed by atoms with E-state index < -0.39 is 0 Å². The number of aromatic nitrogens is 2. The fourth-order valence-corrected chi connectivity index (χ4v) is 3.70. The number of aryl methyl sites for hydroxylation is 2. The number of rotatable bonds is 2. The molecule has 4 aromatic rings. The van der Waals surface area contributed by atoms with E-state index in [0.29, 0.717) is 0 Å². The van der Waals surface area contributed by atoms with E-state index in [0.717, 1.165) is 57.5 Å². The van der Waals surface area contributed by atoms with Crippen molar-refractivity contribution in [2.75, 3.05) is 14.2 Å². The molecule has 2 aromatic heterocycles. The van der Waals surface area contributed by atoms with Gasteiger partial charge < -0.3 is 9.47 Å². The van der Waals surface area contributed by atoms with Crippen LogP contribution in [0.1, 0.15) is 11.1 Å². The highest BCUT2D eigenvalue weighted by molar-refractivity contribution is 5.88. The first-order chi connectivity index (χ1) is 12.7. The van der Waals surface area contributed by atoms with Crippen LogP contribution in [0.5, 0.6) is 11.5 Å². The van der Waals surface area contributed by atoms with Crippen molar-refractivity contribution >= 4 is 21.8 Å². The maximum Gasteiger partial charge on any atom is 0.121 e. The SMILES string of the molecule is COc1ccc2cc3c(nc2c1)-c1nc2cc(OC)ccc2cc1CC3. The van der Waals surface area contributed by atoms with Crippen molar-refractivity contribution in [2.45, 2.75) is 12.8 Å². The zero-order valence-electron chi connectivity index (χ0n) is 14.7. The third kappa shape index (κ3) is 2.30. The Labute approximate surface area is 151 Å². The number of methoxy groups -OCH3 is 2. The largest absolute Gasteiger partial charge is 0.497 e. The van der Waals surface area contributed by atoms with Gasteiger partial charge in [-0.3, -0.25) is 0 Å². The van der Waals surface area contributed by atoms with Crippen molar-refractivity contribution in [1.29, 1.82) is 0 Å². The third-order valence-corrected chi connectivity index (χ3v) is 5.10. The molecule has 1 aliphatic carbocycles.